The maximum absolute atomic E-state index is 11.7. The number of anilines is 1. The molecule has 0 aliphatic carbocycles. The van der Waals surface area contributed by atoms with Gasteiger partial charge < -0.3 is 15.1 Å². The molecule has 1 saturated heterocycles. The molecule has 0 unspecified atom stereocenters. The van der Waals surface area contributed by atoms with Gasteiger partial charge >= 0.3 is 0 Å². The van der Waals surface area contributed by atoms with Crippen LogP contribution < -0.4 is 10.2 Å². The minimum absolute atomic E-state index is 0.0158. The summed E-state index contributed by atoms with van der Waals surface area (Å²) in [5, 5.41) is 2.78. The summed E-state index contributed by atoms with van der Waals surface area (Å²) < 4.78 is 0. The molecule has 96 valence electrons. The Labute approximate surface area is 106 Å². The molecule has 1 aliphatic rings. The molecular formula is C13H17N3O2. The lowest BCUT2D eigenvalue weighted by Gasteiger charge is -2.28. The summed E-state index contributed by atoms with van der Waals surface area (Å²) in [6, 6.07) is 7.36. The van der Waals surface area contributed by atoms with Crippen LogP contribution in [0.25, 0.3) is 0 Å². The van der Waals surface area contributed by atoms with Gasteiger partial charge in [0, 0.05) is 38.4 Å². The molecule has 1 aliphatic heterocycles. The number of rotatable bonds is 2. The zero-order chi connectivity index (χ0) is 13.1. The van der Waals surface area contributed by atoms with Gasteiger partial charge in [-0.1, -0.05) is 0 Å². The molecule has 5 nitrogen and oxygen atoms in total. The third-order valence-electron chi connectivity index (χ3n) is 2.92. The van der Waals surface area contributed by atoms with Crippen molar-refractivity contribution >= 4 is 17.5 Å². The SMILES string of the molecule is CN(C)C(=O)c1ccc(N2CCNC(=O)C2)cc1. The topological polar surface area (TPSA) is 52.7 Å². The summed E-state index contributed by atoms with van der Waals surface area (Å²) in [5.41, 5.74) is 1.63. The number of amides is 2. The first-order valence-corrected chi connectivity index (χ1v) is 5.91. The molecule has 5 heteroatoms. The Hall–Kier alpha value is -2.04. The second-order valence-corrected chi connectivity index (χ2v) is 4.52. The third-order valence-corrected chi connectivity index (χ3v) is 2.92. The van der Waals surface area contributed by atoms with E-state index in [4.69, 9.17) is 0 Å². The van der Waals surface area contributed by atoms with Gasteiger partial charge in [0.2, 0.25) is 5.91 Å². The molecule has 1 fully saturated rings. The van der Waals surface area contributed by atoms with Crippen molar-refractivity contribution in [2.75, 3.05) is 38.6 Å². The van der Waals surface area contributed by atoms with Crippen molar-refractivity contribution in [1.82, 2.24) is 10.2 Å². The number of carbonyl (C=O) groups excluding carboxylic acids is 2. The number of hydrogen-bond donors (Lipinski definition) is 1. The van der Waals surface area contributed by atoms with Crippen LogP contribution in [0.2, 0.25) is 0 Å². The maximum Gasteiger partial charge on any atom is 0.253 e. The van der Waals surface area contributed by atoms with E-state index >= 15 is 0 Å². The van der Waals surface area contributed by atoms with E-state index in [1.54, 1.807) is 31.1 Å². The van der Waals surface area contributed by atoms with Crippen LogP contribution in [0.4, 0.5) is 5.69 Å². The van der Waals surface area contributed by atoms with Gasteiger partial charge in [-0.05, 0) is 24.3 Å². The predicted molar refractivity (Wildman–Crippen MR) is 69.7 cm³/mol. The highest BCUT2D eigenvalue weighted by molar-refractivity contribution is 5.94. The molecular weight excluding hydrogens is 230 g/mol. The van der Waals surface area contributed by atoms with Crippen LogP contribution in [0, 0.1) is 0 Å². The molecule has 2 amide bonds. The molecule has 0 radical (unpaired) electrons. The smallest absolute Gasteiger partial charge is 0.253 e. The fourth-order valence-electron chi connectivity index (χ4n) is 1.93. The molecule has 0 aromatic heterocycles. The number of nitrogens with one attached hydrogen (secondary N) is 1. The fourth-order valence-corrected chi connectivity index (χ4v) is 1.93. The number of carbonyl (C=O) groups is 2. The largest absolute Gasteiger partial charge is 0.360 e. The van der Waals surface area contributed by atoms with Gasteiger partial charge in [0.05, 0.1) is 6.54 Å². The molecule has 0 bridgehead atoms. The second-order valence-electron chi connectivity index (χ2n) is 4.52. The van der Waals surface area contributed by atoms with Gasteiger partial charge in [-0.3, -0.25) is 9.59 Å². The van der Waals surface area contributed by atoms with Gasteiger partial charge in [-0.15, -0.1) is 0 Å². The van der Waals surface area contributed by atoms with Crippen LogP contribution in [0.5, 0.6) is 0 Å². The van der Waals surface area contributed by atoms with E-state index in [0.717, 1.165) is 12.2 Å². The van der Waals surface area contributed by atoms with Gasteiger partial charge in [-0.2, -0.15) is 0 Å². The Morgan fingerprint density at radius 3 is 2.50 bits per heavy atom. The lowest BCUT2D eigenvalue weighted by molar-refractivity contribution is -0.120. The molecule has 1 heterocycles. The summed E-state index contributed by atoms with van der Waals surface area (Å²) >= 11 is 0. The van der Waals surface area contributed by atoms with E-state index in [2.05, 4.69) is 5.32 Å². The number of hydrogen-bond acceptors (Lipinski definition) is 3. The van der Waals surface area contributed by atoms with Crippen LogP contribution >= 0.6 is 0 Å². The number of piperazine rings is 1. The summed E-state index contributed by atoms with van der Waals surface area (Å²) in [5.74, 6) is 0.0210. The van der Waals surface area contributed by atoms with Crippen LogP contribution in [0.3, 0.4) is 0 Å². The normalized spacial score (nSPS) is 15.2. The lowest BCUT2D eigenvalue weighted by atomic mass is 10.1. The van der Waals surface area contributed by atoms with Crippen molar-refractivity contribution < 1.29 is 9.59 Å². The number of benzene rings is 1. The highest BCUT2D eigenvalue weighted by Crippen LogP contribution is 2.16. The lowest BCUT2D eigenvalue weighted by Crippen LogP contribution is -2.47. The molecule has 0 atom stereocenters. The average Bonchev–Trinajstić information content (AvgIpc) is 2.38. The van der Waals surface area contributed by atoms with Gasteiger partial charge in [-0.25, -0.2) is 0 Å². The standard InChI is InChI=1S/C13H17N3O2/c1-15(2)13(18)10-3-5-11(6-4-10)16-8-7-14-12(17)9-16/h3-6H,7-9H2,1-2H3,(H,14,17). The Balaban J connectivity index is 2.12. The van der Waals surface area contributed by atoms with Gasteiger partial charge in [0.1, 0.15) is 0 Å². The Morgan fingerprint density at radius 2 is 1.94 bits per heavy atom. The molecule has 2 rings (SSSR count). The van der Waals surface area contributed by atoms with Crippen LogP contribution in [0.15, 0.2) is 24.3 Å². The number of nitrogens with zero attached hydrogens (tertiary/aromatic N) is 2. The first-order chi connectivity index (χ1) is 8.58. The Morgan fingerprint density at radius 1 is 1.28 bits per heavy atom. The average molecular weight is 247 g/mol. The van der Waals surface area contributed by atoms with Crippen LogP contribution in [0.1, 0.15) is 10.4 Å². The minimum atomic E-state index is -0.0158. The van der Waals surface area contributed by atoms with Crippen molar-refractivity contribution in [3.8, 4) is 0 Å². The van der Waals surface area contributed by atoms with E-state index in [-0.39, 0.29) is 11.8 Å². The van der Waals surface area contributed by atoms with Gasteiger partial charge in [0.25, 0.3) is 5.91 Å². The third kappa shape index (κ3) is 2.61. The van der Waals surface area contributed by atoms with Crippen LogP contribution in [-0.2, 0) is 4.79 Å². The van der Waals surface area contributed by atoms with Crippen molar-refractivity contribution in [2.24, 2.45) is 0 Å². The van der Waals surface area contributed by atoms with Crippen LogP contribution in [-0.4, -0.2) is 50.4 Å². The second kappa shape index (κ2) is 5.08. The fraction of sp³-hybridized carbons (Fsp3) is 0.385. The van der Waals surface area contributed by atoms with Crippen molar-refractivity contribution in [3.05, 3.63) is 29.8 Å². The van der Waals surface area contributed by atoms with E-state index in [0.29, 0.717) is 18.7 Å². The zero-order valence-electron chi connectivity index (χ0n) is 10.6. The van der Waals surface area contributed by atoms with Crippen molar-refractivity contribution in [2.45, 2.75) is 0 Å². The maximum atomic E-state index is 11.7. The predicted octanol–water partition coefficient (Wildman–Crippen LogP) is 0.325. The van der Waals surface area contributed by atoms with Gasteiger partial charge in [0.15, 0.2) is 0 Å². The molecule has 1 N–H and O–H groups in total. The molecule has 0 spiro atoms. The first-order valence-electron chi connectivity index (χ1n) is 5.91. The summed E-state index contributed by atoms with van der Waals surface area (Å²) in [6.07, 6.45) is 0. The Kier molecular flexibility index (Phi) is 3.50. The van der Waals surface area contributed by atoms with E-state index in [1.165, 1.54) is 0 Å². The monoisotopic (exact) mass is 247 g/mol. The van der Waals surface area contributed by atoms with Crippen molar-refractivity contribution in [3.63, 3.8) is 0 Å². The summed E-state index contributed by atoms with van der Waals surface area (Å²) in [7, 11) is 3.45. The highest BCUT2D eigenvalue weighted by atomic mass is 16.2. The highest BCUT2D eigenvalue weighted by Gasteiger charge is 2.16. The van der Waals surface area contributed by atoms with E-state index in [1.807, 2.05) is 17.0 Å². The molecule has 18 heavy (non-hydrogen) atoms. The van der Waals surface area contributed by atoms with E-state index in [9.17, 15) is 9.59 Å². The van der Waals surface area contributed by atoms with E-state index < -0.39 is 0 Å². The Bertz CT molecular complexity index is 454. The summed E-state index contributed by atoms with van der Waals surface area (Å²) in [4.78, 5) is 26.6. The first kappa shape index (κ1) is 12.4. The summed E-state index contributed by atoms with van der Waals surface area (Å²) in [6.45, 7) is 1.84. The molecule has 1 aromatic rings. The quantitative estimate of drug-likeness (QED) is 0.819. The molecule has 1 aromatic carbocycles. The van der Waals surface area contributed by atoms with Crippen molar-refractivity contribution in [1.29, 1.82) is 0 Å². The zero-order valence-corrected chi connectivity index (χ0v) is 10.6. The minimum Gasteiger partial charge on any atom is -0.360 e. The molecule has 0 saturated carbocycles.